The molecule has 2 aromatic heterocycles. The minimum absolute atomic E-state index is 0.597. The Morgan fingerprint density at radius 2 is 2.37 bits per heavy atom. The van der Waals surface area contributed by atoms with Crippen LogP contribution in [0.1, 0.15) is 18.4 Å². The Hall–Kier alpha value is -1.82. The largest absolute Gasteiger partial charge is 0.467 e. The van der Waals surface area contributed by atoms with Crippen LogP contribution in [-0.4, -0.2) is 26.8 Å². The molecule has 0 spiro atoms. The second kappa shape index (κ2) is 6.38. The highest BCUT2D eigenvalue weighted by Crippen LogP contribution is 2.02. The summed E-state index contributed by atoms with van der Waals surface area (Å²) in [6, 6.07) is 5.79. The number of nitrogens with zero attached hydrogens (tertiary/aromatic N) is 3. The molecule has 0 aliphatic carbocycles. The van der Waals surface area contributed by atoms with Gasteiger partial charge in [0.15, 0.2) is 5.11 Å². The number of aryl methyl sites for hydroxylation is 1. The first-order chi connectivity index (χ1) is 9.19. The Balaban J connectivity index is 1.81. The van der Waals surface area contributed by atoms with Gasteiger partial charge in [0.2, 0.25) is 0 Å². The second-order valence-corrected chi connectivity index (χ2v) is 4.64. The molecule has 2 rings (SSSR count). The Morgan fingerprint density at radius 1 is 1.53 bits per heavy atom. The maximum absolute atomic E-state index is 5.32. The Morgan fingerprint density at radius 3 is 3.00 bits per heavy atom. The van der Waals surface area contributed by atoms with Crippen molar-refractivity contribution in [2.75, 3.05) is 7.05 Å². The van der Waals surface area contributed by atoms with Crippen LogP contribution in [0, 0.1) is 0 Å². The summed E-state index contributed by atoms with van der Waals surface area (Å²) < 4.78 is 7.15. The van der Waals surface area contributed by atoms with Crippen molar-refractivity contribution in [1.29, 1.82) is 0 Å². The summed E-state index contributed by atoms with van der Waals surface area (Å²) in [6.45, 7) is 4.23. The van der Waals surface area contributed by atoms with E-state index in [4.69, 9.17) is 16.6 Å². The Labute approximate surface area is 118 Å². The van der Waals surface area contributed by atoms with E-state index in [1.165, 1.54) is 0 Å². The summed E-state index contributed by atoms with van der Waals surface area (Å²) in [4.78, 5) is 1.96. The molecule has 6 heteroatoms. The van der Waals surface area contributed by atoms with Crippen LogP contribution in [0.3, 0.4) is 0 Å². The van der Waals surface area contributed by atoms with Crippen molar-refractivity contribution < 1.29 is 4.42 Å². The summed E-state index contributed by atoms with van der Waals surface area (Å²) in [5, 5.41) is 8.27. The van der Waals surface area contributed by atoms with E-state index in [0.29, 0.717) is 18.2 Å². The van der Waals surface area contributed by atoms with Gasteiger partial charge in [0.05, 0.1) is 25.0 Å². The van der Waals surface area contributed by atoms with Crippen molar-refractivity contribution in [3.05, 3.63) is 42.1 Å². The van der Waals surface area contributed by atoms with E-state index in [9.17, 15) is 0 Å². The lowest BCUT2D eigenvalue weighted by molar-refractivity contribution is 0.460. The summed E-state index contributed by atoms with van der Waals surface area (Å²) >= 11 is 5.32. The average Bonchev–Trinajstić information content (AvgIpc) is 3.06. The molecule has 1 N–H and O–H groups in total. The fraction of sp³-hybridized carbons (Fsp3) is 0.385. The number of thiocarbonyl (C=S) groups is 1. The lowest BCUT2D eigenvalue weighted by Gasteiger charge is -2.19. The van der Waals surface area contributed by atoms with Gasteiger partial charge in [-0.1, -0.05) is 0 Å². The van der Waals surface area contributed by atoms with E-state index in [-0.39, 0.29) is 0 Å². The van der Waals surface area contributed by atoms with Gasteiger partial charge in [0, 0.05) is 19.8 Å². The van der Waals surface area contributed by atoms with Crippen molar-refractivity contribution in [3.63, 3.8) is 0 Å². The number of rotatable bonds is 5. The number of hydrogen-bond donors (Lipinski definition) is 1. The monoisotopic (exact) mass is 278 g/mol. The van der Waals surface area contributed by atoms with E-state index in [1.807, 2.05) is 41.0 Å². The molecule has 2 heterocycles. The minimum atomic E-state index is 0.597. The van der Waals surface area contributed by atoms with Gasteiger partial charge in [-0.25, -0.2) is 0 Å². The fourth-order valence-corrected chi connectivity index (χ4v) is 1.83. The normalized spacial score (nSPS) is 10.4. The van der Waals surface area contributed by atoms with E-state index in [2.05, 4.69) is 17.3 Å². The topological polar surface area (TPSA) is 46.2 Å². The molecule has 0 fully saturated rings. The van der Waals surface area contributed by atoms with Crippen LogP contribution in [0.5, 0.6) is 0 Å². The second-order valence-electron chi connectivity index (χ2n) is 4.26. The van der Waals surface area contributed by atoms with Crippen molar-refractivity contribution in [2.45, 2.75) is 26.6 Å². The maximum Gasteiger partial charge on any atom is 0.169 e. The van der Waals surface area contributed by atoms with Crippen LogP contribution < -0.4 is 5.32 Å². The van der Waals surface area contributed by atoms with E-state index in [1.54, 1.807) is 6.26 Å². The van der Waals surface area contributed by atoms with Crippen molar-refractivity contribution >= 4 is 17.3 Å². The van der Waals surface area contributed by atoms with Gasteiger partial charge < -0.3 is 14.6 Å². The quantitative estimate of drug-likeness (QED) is 0.848. The first-order valence-electron chi connectivity index (χ1n) is 6.22. The predicted octanol–water partition coefficient (Wildman–Crippen LogP) is 2.00. The number of hydrogen-bond acceptors (Lipinski definition) is 3. The minimum Gasteiger partial charge on any atom is -0.467 e. The predicted molar refractivity (Wildman–Crippen MR) is 77.5 cm³/mol. The van der Waals surface area contributed by atoms with E-state index in [0.717, 1.165) is 18.0 Å². The van der Waals surface area contributed by atoms with Crippen molar-refractivity contribution in [3.8, 4) is 0 Å². The first kappa shape index (κ1) is 13.6. The van der Waals surface area contributed by atoms with Gasteiger partial charge in [-0.05, 0) is 37.3 Å². The third kappa shape index (κ3) is 3.82. The lowest BCUT2D eigenvalue weighted by Crippen LogP contribution is -2.36. The molecule has 0 aliphatic rings. The summed E-state index contributed by atoms with van der Waals surface area (Å²) in [5.41, 5.74) is 1.01. The van der Waals surface area contributed by atoms with Gasteiger partial charge in [0.1, 0.15) is 5.76 Å². The molecule has 2 aromatic rings. The third-order valence-electron chi connectivity index (χ3n) is 2.76. The van der Waals surface area contributed by atoms with Crippen LogP contribution in [0.25, 0.3) is 0 Å². The van der Waals surface area contributed by atoms with Crippen LogP contribution >= 0.6 is 12.2 Å². The molecule has 19 heavy (non-hydrogen) atoms. The van der Waals surface area contributed by atoms with E-state index < -0.39 is 0 Å². The van der Waals surface area contributed by atoms with E-state index >= 15 is 0 Å². The highest BCUT2D eigenvalue weighted by Gasteiger charge is 2.07. The molecule has 0 aliphatic heterocycles. The van der Waals surface area contributed by atoms with Crippen molar-refractivity contribution in [2.24, 2.45) is 0 Å². The van der Waals surface area contributed by atoms with Crippen LogP contribution in [-0.2, 0) is 19.6 Å². The standard InChI is InChI=1S/C13H18N4OS/c1-3-17-7-6-11(15-17)10-16(2)13(19)14-9-12-5-4-8-18-12/h4-8H,3,9-10H2,1-2H3,(H,14,19). The van der Waals surface area contributed by atoms with Gasteiger partial charge in [-0.2, -0.15) is 5.10 Å². The van der Waals surface area contributed by atoms with Gasteiger partial charge in [-0.15, -0.1) is 0 Å². The molecule has 0 saturated carbocycles. The smallest absolute Gasteiger partial charge is 0.169 e. The third-order valence-corrected chi connectivity index (χ3v) is 3.22. The summed E-state index contributed by atoms with van der Waals surface area (Å²) in [5.74, 6) is 0.867. The Kier molecular flexibility index (Phi) is 4.57. The van der Waals surface area contributed by atoms with Crippen LogP contribution in [0.4, 0.5) is 0 Å². The molecule has 102 valence electrons. The first-order valence-corrected chi connectivity index (χ1v) is 6.63. The molecule has 0 atom stereocenters. The molecule has 0 aromatic carbocycles. The number of aromatic nitrogens is 2. The van der Waals surface area contributed by atoms with Gasteiger partial charge >= 0.3 is 0 Å². The average molecular weight is 278 g/mol. The fourth-order valence-electron chi connectivity index (χ4n) is 1.69. The summed E-state index contributed by atoms with van der Waals surface area (Å²) in [6.07, 6.45) is 3.63. The highest BCUT2D eigenvalue weighted by atomic mass is 32.1. The molecule has 0 unspecified atom stereocenters. The van der Waals surface area contributed by atoms with Gasteiger partial charge in [0.25, 0.3) is 0 Å². The highest BCUT2D eigenvalue weighted by molar-refractivity contribution is 7.80. The lowest BCUT2D eigenvalue weighted by atomic mass is 10.4. The zero-order valence-electron chi connectivity index (χ0n) is 11.2. The zero-order chi connectivity index (χ0) is 13.7. The number of furan rings is 1. The molecule has 0 amide bonds. The number of nitrogens with one attached hydrogen (secondary N) is 1. The SMILES string of the molecule is CCn1ccc(CN(C)C(=S)NCc2ccco2)n1. The van der Waals surface area contributed by atoms with Crippen molar-refractivity contribution in [1.82, 2.24) is 20.0 Å². The maximum atomic E-state index is 5.32. The van der Waals surface area contributed by atoms with Crippen LogP contribution in [0.15, 0.2) is 35.1 Å². The summed E-state index contributed by atoms with van der Waals surface area (Å²) in [7, 11) is 1.95. The molecule has 0 radical (unpaired) electrons. The molecule has 5 nitrogen and oxygen atoms in total. The Bertz CT molecular complexity index is 520. The molecule has 0 bridgehead atoms. The molecular weight excluding hydrogens is 260 g/mol. The zero-order valence-corrected chi connectivity index (χ0v) is 12.0. The van der Waals surface area contributed by atoms with Gasteiger partial charge in [-0.3, -0.25) is 4.68 Å². The van der Waals surface area contributed by atoms with Crippen LogP contribution in [0.2, 0.25) is 0 Å². The molecular formula is C13H18N4OS. The molecule has 0 saturated heterocycles.